The fraction of sp³-hybridized carbons (Fsp3) is 0.190. The lowest BCUT2D eigenvalue weighted by molar-refractivity contribution is 0.254. The number of ether oxygens (including phenoxy) is 1. The van der Waals surface area contributed by atoms with Gasteiger partial charge < -0.3 is 9.26 Å². The number of rotatable bonds is 5. The van der Waals surface area contributed by atoms with Crippen molar-refractivity contribution in [3.05, 3.63) is 60.5 Å². The first-order chi connectivity index (χ1) is 16.1. The smallest absolute Gasteiger partial charge is 0.331 e. The van der Waals surface area contributed by atoms with Crippen molar-refractivity contribution in [3.63, 3.8) is 0 Å². The van der Waals surface area contributed by atoms with Crippen molar-refractivity contribution in [2.75, 3.05) is 5.32 Å². The van der Waals surface area contributed by atoms with Gasteiger partial charge in [-0.25, -0.2) is 9.78 Å². The molecule has 0 aliphatic heterocycles. The van der Waals surface area contributed by atoms with E-state index in [1.54, 1.807) is 37.4 Å². The number of carbonyl (C=O) groups excluding carboxylic acids is 1. The predicted molar refractivity (Wildman–Crippen MR) is 114 cm³/mol. The molecule has 1 saturated carbocycles. The predicted octanol–water partition coefficient (Wildman–Crippen LogP) is 3.45. The van der Waals surface area contributed by atoms with Gasteiger partial charge in [0.15, 0.2) is 11.6 Å². The molecule has 12 heteroatoms. The maximum Gasteiger partial charge on any atom is 0.331 e. The van der Waals surface area contributed by atoms with E-state index >= 15 is 0 Å². The number of aromatic nitrogens is 8. The summed E-state index contributed by atoms with van der Waals surface area (Å²) in [6.07, 6.45) is 5.33. The summed E-state index contributed by atoms with van der Waals surface area (Å²) in [5.41, 5.74) is 0.721. The summed E-state index contributed by atoms with van der Waals surface area (Å²) in [4.78, 5) is 21.4. The molecule has 1 N–H and O–H groups in total. The lowest BCUT2D eigenvalue weighted by atomic mass is 10.2. The van der Waals surface area contributed by atoms with E-state index in [1.165, 1.54) is 15.6 Å². The average Bonchev–Trinajstić information content (AvgIpc) is 3.19. The summed E-state index contributed by atoms with van der Waals surface area (Å²) >= 11 is 0. The number of fused-ring (bicyclic) bond motifs is 1. The van der Waals surface area contributed by atoms with Crippen LogP contribution in [0.1, 0.15) is 30.3 Å². The summed E-state index contributed by atoms with van der Waals surface area (Å²) < 4.78 is 14.2. The van der Waals surface area contributed by atoms with Crippen LogP contribution < -0.4 is 10.1 Å². The second-order valence-corrected chi connectivity index (χ2v) is 7.69. The Balaban J connectivity index is 1.22. The normalized spacial score (nSPS) is 13.4. The zero-order chi connectivity index (χ0) is 22.4. The van der Waals surface area contributed by atoms with E-state index in [0.717, 1.165) is 29.5 Å². The van der Waals surface area contributed by atoms with Gasteiger partial charge in [0, 0.05) is 29.6 Å². The first-order valence-corrected chi connectivity index (χ1v) is 10.3. The summed E-state index contributed by atoms with van der Waals surface area (Å²) in [5, 5.41) is 18.6. The Labute approximate surface area is 186 Å². The van der Waals surface area contributed by atoms with Crippen LogP contribution in [0.4, 0.5) is 10.6 Å². The average molecular weight is 443 g/mol. The van der Waals surface area contributed by atoms with Gasteiger partial charge in [-0.2, -0.15) is 9.67 Å². The monoisotopic (exact) mass is 443 g/mol. The van der Waals surface area contributed by atoms with Crippen molar-refractivity contribution in [1.29, 1.82) is 0 Å². The van der Waals surface area contributed by atoms with Crippen molar-refractivity contribution in [1.82, 2.24) is 39.9 Å². The van der Waals surface area contributed by atoms with E-state index in [9.17, 15) is 4.79 Å². The molecule has 0 atom stereocenters. The molecule has 4 heterocycles. The van der Waals surface area contributed by atoms with Gasteiger partial charge in [-0.1, -0.05) is 5.16 Å². The third-order valence-electron chi connectivity index (χ3n) is 5.23. The van der Waals surface area contributed by atoms with Crippen molar-refractivity contribution >= 4 is 22.8 Å². The molecule has 5 aromatic rings. The molecule has 1 amide bonds. The SMILES string of the molecule is Cc1nc(Oc2ccc3c(ccn3C(=O)Nc3cc(C4CC4)on3)c2)cc(-n2cnnn2)n1. The number of nitrogens with one attached hydrogen (secondary N) is 1. The molecule has 33 heavy (non-hydrogen) atoms. The van der Waals surface area contributed by atoms with E-state index in [-0.39, 0.29) is 6.03 Å². The van der Waals surface area contributed by atoms with Crippen LogP contribution in [0.3, 0.4) is 0 Å². The summed E-state index contributed by atoms with van der Waals surface area (Å²) in [5.74, 6) is 3.56. The zero-order valence-corrected chi connectivity index (χ0v) is 17.4. The standard InChI is InChI=1S/C21H17N9O3/c1-12-23-19(30-11-22-27-28-30)10-20(24-12)32-15-4-5-16-14(8-15)6-7-29(16)21(31)25-18-9-17(33-26-18)13-2-3-13/h4-11,13H,2-3H2,1H3,(H,25,26,31). The molecule has 0 unspecified atom stereocenters. The number of benzene rings is 1. The van der Waals surface area contributed by atoms with Crippen molar-refractivity contribution in [2.45, 2.75) is 25.7 Å². The van der Waals surface area contributed by atoms with Crippen LogP contribution in [0.5, 0.6) is 11.6 Å². The number of tetrazole rings is 1. The Morgan fingerprint density at radius 2 is 2.09 bits per heavy atom. The van der Waals surface area contributed by atoms with Crippen molar-refractivity contribution < 1.29 is 14.1 Å². The van der Waals surface area contributed by atoms with E-state index in [4.69, 9.17) is 9.26 Å². The van der Waals surface area contributed by atoms with Gasteiger partial charge in [0.2, 0.25) is 5.88 Å². The number of hydrogen-bond acceptors (Lipinski definition) is 9. The second kappa shape index (κ2) is 7.51. The minimum Gasteiger partial charge on any atom is -0.439 e. The molecule has 1 aliphatic carbocycles. The number of aryl methyl sites for hydroxylation is 1. The quantitative estimate of drug-likeness (QED) is 0.432. The molecule has 12 nitrogen and oxygen atoms in total. The molecule has 0 bridgehead atoms. The number of carbonyl (C=O) groups is 1. The summed E-state index contributed by atoms with van der Waals surface area (Å²) in [7, 11) is 0. The van der Waals surface area contributed by atoms with E-state index < -0.39 is 0 Å². The largest absolute Gasteiger partial charge is 0.439 e. The summed E-state index contributed by atoms with van der Waals surface area (Å²) in [6, 6.07) is 10.3. The highest BCUT2D eigenvalue weighted by molar-refractivity contribution is 5.98. The molecule has 164 valence electrons. The number of nitrogens with zero attached hydrogens (tertiary/aromatic N) is 8. The fourth-order valence-electron chi connectivity index (χ4n) is 3.52. The van der Waals surface area contributed by atoms with Gasteiger partial charge in [-0.3, -0.25) is 9.88 Å². The van der Waals surface area contributed by atoms with Crippen LogP contribution in [0.15, 0.2) is 53.4 Å². The molecular weight excluding hydrogens is 426 g/mol. The molecule has 0 radical (unpaired) electrons. The third kappa shape index (κ3) is 3.78. The van der Waals surface area contributed by atoms with Crippen molar-refractivity contribution in [2.24, 2.45) is 0 Å². The highest BCUT2D eigenvalue weighted by Crippen LogP contribution is 2.40. The number of anilines is 1. The van der Waals surface area contributed by atoms with Gasteiger partial charge in [0.1, 0.15) is 23.7 Å². The molecule has 6 rings (SSSR count). The molecule has 0 spiro atoms. The van der Waals surface area contributed by atoms with Gasteiger partial charge in [-0.15, -0.1) is 5.10 Å². The van der Waals surface area contributed by atoms with Crippen molar-refractivity contribution in [3.8, 4) is 17.4 Å². The molecule has 1 aliphatic rings. The van der Waals surface area contributed by atoms with Crippen LogP contribution in [-0.2, 0) is 0 Å². The highest BCUT2D eigenvalue weighted by Gasteiger charge is 2.28. The Bertz CT molecular complexity index is 1470. The lowest BCUT2D eigenvalue weighted by Crippen LogP contribution is -2.18. The fourth-order valence-corrected chi connectivity index (χ4v) is 3.52. The van der Waals surface area contributed by atoms with Crippen LogP contribution in [0, 0.1) is 6.92 Å². The topological polar surface area (TPSA) is 139 Å². The summed E-state index contributed by atoms with van der Waals surface area (Å²) in [6.45, 7) is 1.76. The van der Waals surface area contributed by atoms with Gasteiger partial charge in [-0.05, 0) is 54.5 Å². The van der Waals surface area contributed by atoms with E-state index in [1.807, 2.05) is 12.1 Å². The van der Waals surface area contributed by atoms with Gasteiger partial charge >= 0.3 is 6.03 Å². The second-order valence-electron chi connectivity index (χ2n) is 7.69. The lowest BCUT2D eigenvalue weighted by Gasteiger charge is -2.08. The molecule has 0 saturated heterocycles. The molecule has 1 aromatic carbocycles. The van der Waals surface area contributed by atoms with Gasteiger partial charge in [0.05, 0.1) is 5.52 Å². The maximum atomic E-state index is 12.8. The van der Waals surface area contributed by atoms with Gasteiger partial charge in [0.25, 0.3) is 0 Å². The van der Waals surface area contributed by atoms with E-state index in [0.29, 0.717) is 35.0 Å². The van der Waals surface area contributed by atoms with Crippen LogP contribution in [0.2, 0.25) is 0 Å². The number of hydrogen-bond donors (Lipinski definition) is 1. The minimum absolute atomic E-state index is 0.327. The Morgan fingerprint density at radius 3 is 2.91 bits per heavy atom. The first-order valence-electron chi connectivity index (χ1n) is 10.3. The van der Waals surface area contributed by atoms with E-state index in [2.05, 4.69) is 36.0 Å². The third-order valence-corrected chi connectivity index (χ3v) is 5.23. The van der Waals surface area contributed by atoms with Crippen LogP contribution >= 0.6 is 0 Å². The minimum atomic E-state index is -0.327. The highest BCUT2D eigenvalue weighted by atomic mass is 16.5. The van der Waals surface area contributed by atoms with Crippen LogP contribution in [0.25, 0.3) is 16.7 Å². The first kappa shape index (κ1) is 19.1. The maximum absolute atomic E-state index is 12.8. The Morgan fingerprint density at radius 1 is 1.18 bits per heavy atom. The van der Waals surface area contributed by atoms with Crippen LogP contribution in [-0.4, -0.2) is 45.9 Å². The number of amides is 1. The Kier molecular flexibility index (Phi) is 4.35. The molecule has 1 fully saturated rings. The zero-order valence-electron chi connectivity index (χ0n) is 17.4. The molecular formula is C21H17N9O3. The Hall–Kier alpha value is -4.61. The molecule has 4 aromatic heterocycles.